The number of benzene rings is 1. The Morgan fingerprint density at radius 3 is 3.29 bits per heavy atom. The average molecular weight is 220 g/mol. The van der Waals surface area contributed by atoms with E-state index >= 15 is 0 Å². The van der Waals surface area contributed by atoms with Crippen LogP contribution in [-0.4, -0.2) is 6.21 Å². The third-order valence-corrected chi connectivity index (χ3v) is 3.63. The van der Waals surface area contributed by atoms with E-state index in [4.69, 9.17) is 0 Å². The summed E-state index contributed by atoms with van der Waals surface area (Å²) in [6.45, 7) is 0. The van der Waals surface area contributed by atoms with Gasteiger partial charge in [-0.3, -0.25) is 4.99 Å². The van der Waals surface area contributed by atoms with Gasteiger partial charge in [-0.2, -0.15) is 0 Å². The summed E-state index contributed by atoms with van der Waals surface area (Å²) in [4.78, 5) is 6.47. The summed E-state index contributed by atoms with van der Waals surface area (Å²) in [5, 5.41) is 0. The first-order valence-electron chi connectivity index (χ1n) is 5.93. The molecule has 0 saturated heterocycles. The lowest BCUT2D eigenvalue weighted by atomic mass is 9.87. The number of hydrogen-bond acceptors (Lipinski definition) is 2. The van der Waals surface area contributed by atoms with Gasteiger partial charge in [0.15, 0.2) is 0 Å². The monoisotopic (exact) mass is 220 g/mol. The van der Waals surface area contributed by atoms with E-state index in [1.165, 1.54) is 22.4 Å². The first kappa shape index (κ1) is 8.99. The summed E-state index contributed by atoms with van der Waals surface area (Å²) in [5.41, 5.74) is 5.32. The number of anilines is 1. The van der Waals surface area contributed by atoms with Crippen LogP contribution < -0.4 is 4.90 Å². The van der Waals surface area contributed by atoms with Crippen LogP contribution in [0.5, 0.6) is 0 Å². The molecule has 0 fully saturated rings. The van der Waals surface area contributed by atoms with E-state index in [2.05, 4.69) is 46.4 Å². The van der Waals surface area contributed by atoms with Crippen molar-refractivity contribution in [1.29, 1.82) is 0 Å². The molecule has 4 rings (SSSR count). The molecule has 0 radical (unpaired) electrons. The Labute approximate surface area is 100 Å². The van der Waals surface area contributed by atoms with Crippen molar-refractivity contribution in [3.63, 3.8) is 0 Å². The van der Waals surface area contributed by atoms with Crippen LogP contribution in [0, 0.1) is 0 Å². The minimum Gasteiger partial charge on any atom is -0.321 e. The summed E-state index contributed by atoms with van der Waals surface area (Å²) >= 11 is 0. The molecule has 17 heavy (non-hydrogen) atoms. The molecule has 2 heteroatoms. The molecule has 2 nitrogen and oxygen atoms in total. The van der Waals surface area contributed by atoms with E-state index in [1.807, 2.05) is 18.6 Å². The SMILES string of the molecule is C1=CC2=CN3C=CN=Cc4cccc(c43)C2C1. The predicted molar refractivity (Wildman–Crippen MR) is 70.2 cm³/mol. The highest BCUT2D eigenvalue weighted by Gasteiger charge is 2.28. The molecule has 0 N–H and O–H groups in total. The van der Waals surface area contributed by atoms with Crippen molar-refractivity contribution in [2.75, 3.05) is 4.90 Å². The zero-order valence-corrected chi connectivity index (χ0v) is 9.38. The van der Waals surface area contributed by atoms with Crippen LogP contribution in [0.3, 0.4) is 0 Å². The second kappa shape index (κ2) is 3.20. The number of aliphatic imine (C=N–C) groups is 1. The number of hydrogen-bond donors (Lipinski definition) is 0. The Kier molecular flexibility index (Phi) is 1.69. The highest BCUT2D eigenvalue weighted by atomic mass is 15.1. The van der Waals surface area contributed by atoms with Crippen molar-refractivity contribution < 1.29 is 0 Å². The fourth-order valence-electron chi connectivity index (χ4n) is 2.87. The molecule has 0 bridgehead atoms. The van der Waals surface area contributed by atoms with Crippen LogP contribution in [0.1, 0.15) is 23.5 Å². The predicted octanol–water partition coefficient (Wildman–Crippen LogP) is 3.34. The van der Waals surface area contributed by atoms with E-state index in [9.17, 15) is 0 Å². The lowest BCUT2D eigenvalue weighted by molar-refractivity contribution is 0.839. The fraction of sp³-hybridized carbons (Fsp3) is 0.133. The number of fused-ring (bicyclic) bond motifs is 2. The zero-order valence-electron chi connectivity index (χ0n) is 9.38. The largest absolute Gasteiger partial charge is 0.321 e. The van der Waals surface area contributed by atoms with Crippen molar-refractivity contribution in [1.82, 2.24) is 0 Å². The Balaban J connectivity index is 2.02. The first-order valence-corrected chi connectivity index (χ1v) is 5.93. The van der Waals surface area contributed by atoms with Crippen molar-refractivity contribution in [2.24, 2.45) is 4.99 Å². The van der Waals surface area contributed by atoms with Crippen LogP contribution in [0.4, 0.5) is 5.69 Å². The Bertz CT molecular complexity index is 605. The Morgan fingerprint density at radius 2 is 2.29 bits per heavy atom. The van der Waals surface area contributed by atoms with Crippen molar-refractivity contribution in [3.8, 4) is 0 Å². The molecule has 0 saturated carbocycles. The van der Waals surface area contributed by atoms with E-state index in [-0.39, 0.29) is 0 Å². The molecular formula is C15H12N2. The summed E-state index contributed by atoms with van der Waals surface area (Å²) < 4.78 is 0. The van der Waals surface area contributed by atoms with Gasteiger partial charge in [-0.1, -0.05) is 30.4 Å². The molecule has 1 aliphatic carbocycles. The summed E-state index contributed by atoms with van der Waals surface area (Å²) in [6.07, 6.45) is 13.7. The maximum absolute atomic E-state index is 4.28. The van der Waals surface area contributed by atoms with Gasteiger partial charge in [0, 0.05) is 36.3 Å². The zero-order chi connectivity index (χ0) is 11.2. The molecule has 1 aromatic rings. The molecule has 0 amide bonds. The second-order valence-corrected chi connectivity index (χ2v) is 4.59. The number of allylic oxidation sites excluding steroid dienone is 3. The van der Waals surface area contributed by atoms with Crippen LogP contribution >= 0.6 is 0 Å². The van der Waals surface area contributed by atoms with E-state index in [1.54, 1.807) is 0 Å². The maximum Gasteiger partial charge on any atom is 0.0576 e. The minimum absolute atomic E-state index is 0.543. The molecule has 0 spiro atoms. The lowest BCUT2D eigenvalue weighted by Gasteiger charge is -2.30. The summed E-state index contributed by atoms with van der Waals surface area (Å²) in [6, 6.07) is 6.50. The van der Waals surface area contributed by atoms with Gasteiger partial charge >= 0.3 is 0 Å². The number of para-hydroxylation sites is 1. The van der Waals surface area contributed by atoms with Gasteiger partial charge in [0.25, 0.3) is 0 Å². The number of nitrogens with zero attached hydrogens (tertiary/aromatic N) is 2. The molecular weight excluding hydrogens is 208 g/mol. The standard InChI is InChI=1S/C15H12N2/c1-3-11-9-16-7-8-17-10-12-4-2-5-13(12)14(6-1)15(11)17/h1-4,6-10,13H,5H2. The molecule has 2 aliphatic heterocycles. The van der Waals surface area contributed by atoms with Crippen molar-refractivity contribution in [2.45, 2.75) is 12.3 Å². The van der Waals surface area contributed by atoms with Gasteiger partial charge in [-0.25, -0.2) is 0 Å². The van der Waals surface area contributed by atoms with E-state index < -0.39 is 0 Å². The molecule has 0 aromatic heterocycles. The van der Waals surface area contributed by atoms with Gasteiger partial charge in [0.1, 0.15) is 0 Å². The van der Waals surface area contributed by atoms with Crippen LogP contribution in [0.25, 0.3) is 0 Å². The van der Waals surface area contributed by atoms with Crippen LogP contribution in [-0.2, 0) is 0 Å². The van der Waals surface area contributed by atoms with Gasteiger partial charge < -0.3 is 4.90 Å². The Hall–Kier alpha value is -2.09. The summed E-state index contributed by atoms with van der Waals surface area (Å²) in [7, 11) is 0. The highest BCUT2D eigenvalue weighted by molar-refractivity contribution is 5.92. The van der Waals surface area contributed by atoms with Gasteiger partial charge in [-0.15, -0.1) is 0 Å². The average Bonchev–Trinajstić information content (AvgIpc) is 2.73. The van der Waals surface area contributed by atoms with Crippen molar-refractivity contribution >= 4 is 11.9 Å². The number of rotatable bonds is 0. The van der Waals surface area contributed by atoms with Crippen molar-refractivity contribution in [3.05, 3.63) is 65.7 Å². The van der Waals surface area contributed by atoms with E-state index in [0.29, 0.717) is 5.92 Å². The molecule has 82 valence electrons. The quantitative estimate of drug-likeness (QED) is 0.654. The lowest BCUT2D eigenvalue weighted by Crippen LogP contribution is -2.19. The minimum atomic E-state index is 0.543. The fourth-order valence-corrected chi connectivity index (χ4v) is 2.87. The topological polar surface area (TPSA) is 15.6 Å². The van der Waals surface area contributed by atoms with Gasteiger partial charge in [0.05, 0.1) is 5.69 Å². The molecule has 1 atom stereocenters. The molecule has 1 unspecified atom stereocenters. The van der Waals surface area contributed by atoms with E-state index in [0.717, 1.165) is 6.42 Å². The second-order valence-electron chi connectivity index (χ2n) is 4.59. The normalized spacial score (nSPS) is 23.2. The molecule has 1 aromatic carbocycles. The van der Waals surface area contributed by atoms with Crippen LogP contribution in [0.2, 0.25) is 0 Å². The van der Waals surface area contributed by atoms with Gasteiger partial charge in [0.2, 0.25) is 0 Å². The van der Waals surface area contributed by atoms with Gasteiger partial charge in [-0.05, 0) is 17.6 Å². The third-order valence-electron chi connectivity index (χ3n) is 3.63. The third kappa shape index (κ3) is 1.18. The molecule has 3 aliphatic rings. The Morgan fingerprint density at radius 1 is 1.29 bits per heavy atom. The summed E-state index contributed by atoms with van der Waals surface area (Å²) in [5.74, 6) is 0.543. The van der Waals surface area contributed by atoms with Crippen LogP contribution in [0.15, 0.2) is 59.5 Å². The maximum atomic E-state index is 4.28. The molecule has 2 heterocycles. The highest BCUT2D eigenvalue weighted by Crippen LogP contribution is 2.45. The smallest absolute Gasteiger partial charge is 0.0576 e. The first-order chi connectivity index (χ1) is 8.43.